The van der Waals surface area contributed by atoms with Crippen LogP contribution in [0.15, 0.2) is 0 Å². The maximum Gasteiger partial charge on any atom is 0.0675 e. The first-order valence-electron chi connectivity index (χ1n) is 4.37. The number of ether oxygens (including phenoxy) is 1. The molecule has 0 aromatic rings. The standard InChI is InChI=1S/C9H21NO2/c1-5-9(10,6-11)7-12-8(2,3)4/h11H,5-7,10H2,1-4H3. The molecule has 0 bridgehead atoms. The maximum absolute atomic E-state index is 8.98. The van der Waals surface area contributed by atoms with Crippen LogP contribution in [0.1, 0.15) is 34.1 Å². The van der Waals surface area contributed by atoms with E-state index in [1.54, 1.807) is 0 Å². The Bertz CT molecular complexity index is 125. The molecule has 3 N–H and O–H groups in total. The molecule has 0 aliphatic heterocycles. The third kappa shape index (κ3) is 4.70. The molecule has 0 amide bonds. The van der Waals surface area contributed by atoms with E-state index in [0.29, 0.717) is 6.61 Å². The van der Waals surface area contributed by atoms with Gasteiger partial charge in [0.2, 0.25) is 0 Å². The highest BCUT2D eigenvalue weighted by Gasteiger charge is 2.24. The van der Waals surface area contributed by atoms with Gasteiger partial charge in [-0.3, -0.25) is 0 Å². The third-order valence-electron chi connectivity index (χ3n) is 1.81. The van der Waals surface area contributed by atoms with Crippen LogP contribution in [0.2, 0.25) is 0 Å². The zero-order valence-corrected chi connectivity index (χ0v) is 8.55. The SMILES string of the molecule is CCC(N)(CO)COC(C)(C)C. The van der Waals surface area contributed by atoms with Gasteiger partial charge in [-0.05, 0) is 27.2 Å². The van der Waals surface area contributed by atoms with Crippen LogP contribution in [0, 0.1) is 0 Å². The fourth-order valence-corrected chi connectivity index (χ4v) is 0.620. The molecule has 0 aromatic carbocycles. The molecule has 12 heavy (non-hydrogen) atoms. The van der Waals surface area contributed by atoms with Crippen molar-refractivity contribution < 1.29 is 9.84 Å². The van der Waals surface area contributed by atoms with Crippen LogP contribution >= 0.6 is 0 Å². The lowest BCUT2D eigenvalue weighted by molar-refractivity contribution is -0.0405. The van der Waals surface area contributed by atoms with Crippen molar-refractivity contribution in [3.8, 4) is 0 Å². The second-order valence-electron chi connectivity index (χ2n) is 4.28. The number of aliphatic hydroxyl groups is 1. The lowest BCUT2D eigenvalue weighted by atomic mass is 10.00. The Kier molecular flexibility index (Phi) is 4.17. The Hall–Kier alpha value is -0.120. The van der Waals surface area contributed by atoms with Crippen LogP contribution in [0.4, 0.5) is 0 Å². The van der Waals surface area contributed by atoms with Crippen LogP contribution in [-0.2, 0) is 4.74 Å². The lowest BCUT2D eigenvalue weighted by Crippen LogP contribution is -2.49. The van der Waals surface area contributed by atoms with Gasteiger partial charge in [-0.15, -0.1) is 0 Å². The van der Waals surface area contributed by atoms with Gasteiger partial charge in [0.05, 0.1) is 24.4 Å². The summed E-state index contributed by atoms with van der Waals surface area (Å²) in [7, 11) is 0. The first-order chi connectivity index (χ1) is 5.33. The van der Waals surface area contributed by atoms with Gasteiger partial charge in [0.1, 0.15) is 0 Å². The van der Waals surface area contributed by atoms with Crippen molar-refractivity contribution in [2.24, 2.45) is 5.73 Å². The first-order valence-corrected chi connectivity index (χ1v) is 4.37. The second-order valence-corrected chi connectivity index (χ2v) is 4.28. The van der Waals surface area contributed by atoms with Crippen molar-refractivity contribution in [2.75, 3.05) is 13.2 Å². The smallest absolute Gasteiger partial charge is 0.0675 e. The Labute approximate surface area is 74.9 Å². The van der Waals surface area contributed by atoms with E-state index in [1.165, 1.54) is 0 Å². The Balaban J connectivity index is 3.89. The molecular formula is C9H21NO2. The highest BCUT2D eigenvalue weighted by molar-refractivity contribution is 4.82. The summed E-state index contributed by atoms with van der Waals surface area (Å²) < 4.78 is 5.49. The molecule has 1 unspecified atom stereocenters. The van der Waals surface area contributed by atoms with Crippen molar-refractivity contribution in [3.05, 3.63) is 0 Å². The zero-order valence-electron chi connectivity index (χ0n) is 8.55. The number of nitrogens with two attached hydrogens (primary N) is 1. The van der Waals surface area contributed by atoms with E-state index >= 15 is 0 Å². The molecule has 0 aliphatic carbocycles. The van der Waals surface area contributed by atoms with Gasteiger partial charge in [0, 0.05) is 0 Å². The van der Waals surface area contributed by atoms with Gasteiger partial charge in [0.25, 0.3) is 0 Å². The Morgan fingerprint density at radius 2 is 1.83 bits per heavy atom. The average molecular weight is 175 g/mol. The number of hydrogen-bond donors (Lipinski definition) is 2. The van der Waals surface area contributed by atoms with Crippen LogP contribution in [0.3, 0.4) is 0 Å². The summed E-state index contributed by atoms with van der Waals surface area (Å²) in [6.07, 6.45) is 0.722. The predicted molar refractivity (Wildman–Crippen MR) is 50.0 cm³/mol. The van der Waals surface area contributed by atoms with E-state index in [0.717, 1.165) is 6.42 Å². The summed E-state index contributed by atoms with van der Waals surface area (Å²) >= 11 is 0. The van der Waals surface area contributed by atoms with Crippen LogP contribution in [0.25, 0.3) is 0 Å². The molecular weight excluding hydrogens is 154 g/mol. The fraction of sp³-hybridized carbons (Fsp3) is 1.00. The first kappa shape index (κ1) is 11.9. The van der Waals surface area contributed by atoms with Crippen molar-refractivity contribution >= 4 is 0 Å². The summed E-state index contributed by atoms with van der Waals surface area (Å²) in [5.41, 5.74) is 5.07. The van der Waals surface area contributed by atoms with Gasteiger partial charge in [-0.2, -0.15) is 0 Å². The second kappa shape index (κ2) is 4.21. The van der Waals surface area contributed by atoms with Crippen LogP contribution in [0.5, 0.6) is 0 Å². The van der Waals surface area contributed by atoms with Gasteiger partial charge in [-0.1, -0.05) is 6.92 Å². The van der Waals surface area contributed by atoms with E-state index in [-0.39, 0.29) is 12.2 Å². The van der Waals surface area contributed by atoms with Crippen LogP contribution < -0.4 is 5.73 Å². The van der Waals surface area contributed by atoms with E-state index in [4.69, 9.17) is 15.6 Å². The summed E-state index contributed by atoms with van der Waals surface area (Å²) in [5, 5.41) is 8.98. The summed E-state index contributed by atoms with van der Waals surface area (Å²) in [4.78, 5) is 0. The molecule has 0 heterocycles. The minimum atomic E-state index is -0.576. The summed E-state index contributed by atoms with van der Waals surface area (Å²) in [6.45, 7) is 8.24. The molecule has 0 saturated carbocycles. The molecule has 3 heteroatoms. The van der Waals surface area contributed by atoms with Crippen molar-refractivity contribution in [1.29, 1.82) is 0 Å². The van der Waals surface area contributed by atoms with E-state index in [1.807, 2.05) is 27.7 Å². The monoisotopic (exact) mass is 175 g/mol. The molecule has 74 valence electrons. The quantitative estimate of drug-likeness (QED) is 0.667. The van der Waals surface area contributed by atoms with Crippen molar-refractivity contribution in [1.82, 2.24) is 0 Å². The minimum Gasteiger partial charge on any atom is -0.394 e. The highest BCUT2D eigenvalue weighted by Crippen LogP contribution is 2.12. The molecule has 1 atom stereocenters. The summed E-state index contributed by atoms with van der Waals surface area (Å²) in [5.74, 6) is 0. The van der Waals surface area contributed by atoms with E-state index < -0.39 is 5.54 Å². The zero-order chi connectivity index (χ0) is 9.83. The third-order valence-corrected chi connectivity index (χ3v) is 1.81. The molecule has 0 fully saturated rings. The van der Waals surface area contributed by atoms with Gasteiger partial charge < -0.3 is 15.6 Å². The van der Waals surface area contributed by atoms with E-state index in [9.17, 15) is 0 Å². The van der Waals surface area contributed by atoms with Gasteiger partial charge in [0.15, 0.2) is 0 Å². The molecule has 0 aliphatic rings. The lowest BCUT2D eigenvalue weighted by Gasteiger charge is -2.30. The predicted octanol–water partition coefficient (Wildman–Crippen LogP) is 0.901. The Morgan fingerprint density at radius 3 is 2.08 bits per heavy atom. The topological polar surface area (TPSA) is 55.5 Å². The number of rotatable bonds is 4. The number of aliphatic hydroxyl groups excluding tert-OH is 1. The normalized spacial score (nSPS) is 17.5. The minimum absolute atomic E-state index is 0.0282. The van der Waals surface area contributed by atoms with E-state index in [2.05, 4.69) is 0 Å². The largest absolute Gasteiger partial charge is 0.394 e. The average Bonchev–Trinajstić information content (AvgIpc) is 1.99. The van der Waals surface area contributed by atoms with Crippen LogP contribution in [-0.4, -0.2) is 29.5 Å². The Morgan fingerprint density at radius 1 is 1.33 bits per heavy atom. The van der Waals surface area contributed by atoms with Crippen molar-refractivity contribution in [2.45, 2.75) is 45.3 Å². The molecule has 0 aromatic heterocycles. The molecule has 0 saturated heterocycles. The van der Waals surface area contributed by atoms with Crippen molar-refractivity contribution in [3.63, 3.8) is 0 Å². The summed E-state index contributed by atoms with van der Waals surface area (Å²) in [6, 6.07) is 0. The molecule has 0 radical (unpaired) electrons. The highest BCUT2D eigenvalue weighted by atomic mass is 16.5. The number of hydrogen-bond acceptors (Lipinski definition) is 3. The fourth-order valence-electron chi connectivity index (χ4n) is 0.620. The molecule has 0 spiro atoms. The molecule has 0 rings (SSSR count). The van der Waals surface area contributed by atoms with Gasteiger partial charge >= 0.3 is 0 Å². The molecule has 3 nitrogen and oxygen atoms in total. The maximum atomic E-state index is 8.98. The van der Waals surface area contributed by atoms with Gasteiger partial charge in [-0.25, -0.2) is 0 Å².